The standard InChI is InChI=1S/C28H23N3O5S/c1-18-2-10-24(11-3-18)37(34,35)31-28(33)36-17-19-4-6-20(7-5-19)25-15-26(25)27(32)30-23-9-8-22-16-29-13-12-21(22)14-23/h2-16,25H,17H2,1H3,(H,30,32)(H,31,33)/t25-/m0/s1. The lowest BCUT2D eigenvalue weighted by molar-refractivity contribution is -0.112. The topological polar surface area (TPSA) is 114 Å². The summed E-state index contributed by atoms with van der Waals surface area (Å²) in [6.45, 7) is 1.74. The molecule has 0 saturated heterocycles. The number of nitrogens with zero attached hydrogens (tertiary/aromatic N) is 1. The molecular weight excluding hydrogens is 490 g/mol. The van der Waals surface area contributed by atoms with E-state index in [0.717, 1.165) is 21.9 Å². The van der Waals surface area contributed by atoms with Gasteiger partial charge in [-0.05, 0) is 53.8 Å². The minimum absolute atomic E-state index is 0.0194. The van der Waals surface area contributed by atoms with E-state index < -0.39 is 16.1 Å². The van der Waals surface area contributed by atoms with Crippen molar-refractivity contribution in [2.24, 2.45) is 0 Å². The molecule has 0 aliphatic heterocycles. The molecule has 37 heavy (non-hydrogen) atoms. The minimum atomic E-state index is -4.01. The van der Waals surface area contributed by atoms with Crippen LogP contribution >= 0.6 is 0 Å². The van der Waals surface area contributed by atoms with E-state index in [1.807, 2.05) is 54.1 Å². The fourth-order valence-electron chi connectivity index (χ4n) is 3.87. The maximum atomic E-state index is 12.7. The molecule has 9 heteroatoms. The number of ether oxygens (including phenoxy) is 1. The summed E-state index contributed by atoms with van der Waals surface area (Å²) in [5, 5.41) is 4.92. The van der Waals surface area contributed by atoms with Crippen LogP contribution in [0.3, 0.4) is 0 Å². The first-order valence-corrected chi connectivity index (χ1v) is 13.0. The van der Waals surface area contributed by atoms with Gasteiger partial charge in [0.05, 0.1) is 4.90 Å². The van der Waals surface area contributed by atoms with Crippen molar-refractivity contribution in [1.82, 2.24) is 9.71 Å². The van der Waals surface area contributed by atoms with Gasteiger partial charge in [0.1, 0.15) is 6.61 Å². The monoisotopic (exact) mass is 513 g/mol. The van der Waals surface area contributed by atoms with Gasteiger partial charge in [0, 0.05) is 35.0 Å². The second-order valence-electron chi connectivity index (χ2n) is 8.73. The Balaban J connectivity index is 1.12. The highest BCUT2D eigenvalue weighted by atomic mass is 32.2. The van der Waals surface area contributed by atoms with E-state index in [0.29, 0.717) is 16.8 Å². The fraction of sp³-hybridized carbons (Fsp3) is 0.107. The van der Waals surface area contributed by atoms with Crippen LogP contribution in [0.1, 0.15) is 22.6 Å². The van der Waals surface area contributed by atoms with Crippen LogP contribution in [-0.4, -0.2) is 25.4 Å². The summed E-state index contributed by atoms with van der Waals surface area (Å²) in [7, 11) is -4.01. The van der Waals surface area contributed by atoms with Gasteiger partial charge in [-0.15, -0.1) is 0 Å². The van der Waals surface area contributed by atoms with Gasteiger partial charge in [-0.3, -0.25) is 9.78 Å². The molecule has 1 atom stereocenters. The predicted molar refractivity (Wildman–Crippen MR) is 139 cm³/mol. The molecule has 186 valence electrons. The van der Waals surface area contributed by atoms with E-state index >= 15 is 0 Å². The first-order valence-electron chi connectivity index (χ1n) is 11.5. The van der Waals surface area contributed by atoms with Crippen LogP contribution in [0.25, 0.3) is 10.8 Å². The van der Waals surface area contributed by atoms with Crippen LogP contribution in [0.2, 0.25) is 0 Å². The molecule has 1 aromatic heterocycles. The summed E-state index contributed by atoms with van der Waals surface area (Å²) < 4.78 is 31.6. The first kappa shape index (κ1) is 24.2. The number of nitrogens with one attached hydrogen (secondary N) is 2. The molecule has 0 spiro atoms. The lowest BCUT2D eigenvalue weighted by atomic mass is 10.0. The predicted octanol–water partition coefficient (Wildman–Crippen LogP) is 4.82. The smallest absolute Gasteiger partial charge is 0.421 e. The second-order valence-corrected chi connectivity index (χ2v) is 10.4. The number of allylic oxidation sites excluding steroid dienone is 1. The van der Waals surface area contributed by atoms with Crippen LogP contribution in [0.5, 0.6) is 0 Å². The Morgan fingerprint density at radius 3 is 2.46 bits per heavy atom. The Kier molecular flexibility index (Phi) is 6.45. The van der Waals surface area contributed by atoms with Crippen molar-refractivity contribution < 1.29 is 22.7 Å². The highest BCUT2D eigenvalue weighted by Gasteiger charge is 2.32. The summed E-state index contributed by atoms with van der Waals surface area (Å²) in [6.07, 6.45) is 4.31. The summed E-state index contributed by atoms with van der Waals surface area (Å²) in [4.78, 5) is 28.8. The van der Waals surface area contributed by atoms with Crippen LogP contribution in [0.15, 0.2) is 102 Å². The molecule has 0 radical (unpaired) electrons. The normalized spacial score (nSPS) is 14.5. The Morgan fingerprint density at radius 1 is 0.946 bits per heavy atom. The van der Waals surface area contributed by atoms with Gasteiger partial charge < -0.3 is 10.1 Å². The molecule has 0 bridgehead atoms. The summed E-state index contributed by atoms with van der Waals surface area (Å²) >= 11 is 0. The van der Waals surface area contributed by atoms with Gasteiger partial charge in [-0.25, -0.2) is 17.9 Å². The van der Waals surface area contributed by atoms with E-state index in [4.69, 9.17) is 4.74 Å². The molecule has 8 nitrogen and oxygen atoms in total. The van der Waals surface area contributed by atoms with Gasteiger partial charge in [0.2, 0.25) is 0 Å². The third-order valence-corrected chi connectivity index (χ3v) is 7.32. The number of carbonyl (C=O) groups is 2. The molecule has 2 amide bonds. The number of aryl methyl sites for hydroxylation is 1. The number of aromatic nitrogens is 1. The number of fused-ring (bicyclic) bond motifs is 1. The Hall–Kier alpha value is -4.50. The number of anilines is 1. The highest BCUT2D eigenvalue weighted by molar-refractivity contribution is 7.90. The second kappa shape index (κ2) is 9.87. The summed E-state index contributed by atoms with van der Waals surface area (Å²) in [6, 6.07) is 20.9. The van der Waals surface area contributed by atoms with Crippen molar-refractivity contribution in [3.8, 4) is 0 Å². The lowest BCUT2D eigenvalue weighted by Crippen LogP contribution is -2.31. The molecular formula is C28H23N3O5S. The summed E-state index contributed by atoms with van der Waals surface area (Å²) in [5.41, 5.74) is 3.92. The Labute approximate surface area is 214 Å². The fourth-order valence-corrected chi connectivity index (χ4v) is 4.76. The zero-order valence-corrected chi connectivity index (χ0v) is 20.7. The average molecular weight is 514 g/mol. The number of carbonyl (C=O) groups excluding carboxylic acids is 2. The molecule has 1 aliphatic rings. The third-order valence-electron chi connectivity index (χ3n) is 5.99. The number of hydrogen-bond donors (Lipinski definition) is 2. The zero-order chi connectivity index (χ0) is 26.0. The molecule has 0 fully saturated rings. The molecule has 5 rings (SSSR count). The van der Waals surface area contributed by atoms with E-state index in [9.17, 15) is 18.0 Å². The van der Waals surface area contributed by atoms with Crippen LogP contribution < -0.4 is 10.0 Å². The van der Waals surface area contributed by atoms with Crippen molar-refractivity contribution in [1.29, 1.82) is 0 Å². The zero-order valence-electron chi connectivity index (χ0n) is 19.8. The maximum Gasteiger partial charge on any atom is 0.421 e. The summed E-state index contributed by atoms with van der Waals surface area (Å²) in [5.74, 6) is -0.236. The molecule has 0 unspecified atom stereocenters. The molecule has 1 heterocycles. The highest BCUT2D eigenvalue weighted by Crippen LogP contribution is 2.40. The molecule has 2 N–H and O–H groups in total. The first-order chi connectivity index (χ1) is 17.8. The van der Waals surface area contributed by atoms with Gasteiger partial charge in [0.15, 0.2) is 0 Å². The molecule has 3 aromatic carbocycles. The van der Waals surface area contributed by atoms with Crippen molar-refractivity contribution in [3.05, 3.63) is 114 Å². The number of sulfonamides is 1. The molecule has 4 aromatic rings. The van der Waals surface area contributed by atoms with Gasteiger partial charge in [0.25, 0.3) is 15.9 Å². The van der Waals surface area contributed by atoms with E-state index in [1.54, 1.807) is 36.7 Å². The lowest BCUT2D eigenvalue weighted by Gasteiger charge is -2.09. The van der Waals surface area contributed by atoms with E-state index in [-0.39, 0.29) is 23.3 Å². The minimum Gasteiger partial charge on any atom is -0.444 e. The van der Waals surface area contributed by atoms with Gasteiger partial charge >= 0.3 is 6.09 Å². The Morgan fingerprint density at radius 2 is 1.70 bits per heavy atom. The van der Waals surface area contributed by atoms with Crippen LogP contribution in [0.4, 0.5) is 10.5 Å². The number of pyridine rings is 1. The van der Waals surface area contributed by atoms with Crippen molar-refractivity contribution in [2.75, 3.05) is 5.32 Å². The van der Waals surface area contributed by atoms with Gasteiger partial charge in [-0.1, -0.05) is 54.1 Å². The number of hydrogen-bond acceptors (Lipinski definition) is 6. The molecule has 1 aliphatic carbocycles. The van der Waals surface area contributed by atoms with Gasteiger partial charge in [-0.2, -0.15) is 0 Å². The van der Waals surface area contributed by atoms with Crippen LogP contribution in [0, 0.1) is 6.92 Å². The van der Waals surface area contributed by atoms with E-state index in [2.05, 4.69) is 10.3 Å². The van der Waals surface area contributed by atoms with Crippen molar-refractivity contribution in [2.45, 2.75) is 24.3 Å². The molecule has 0 saturated carbocycles. The number of amides is 2. The van der Waals surface area contributed by atoms with Crippen molar-refractivity contribution in [3.63, 3.8) is 0 Å². The van der Waals surface area contributed by atoms with Crippen molar-refractivity contribution >= 4 is 38.5 Å². The largest absolute Gasteiger partial charge is 0.444 e. The maximum absolute atomic E-state index is 12.7. The quantitative estimate of drug-likeness (QED) is 0.366. The third kappa shape index (κ3) is 5.68. The number of rotatable bonds is 7. The number of benzene rings is 3. The Bertz CT molecular complexity index is 1630. The van der Waals surface area contributed by atoms with Crippen LogP contribution in [-0.2, 0) is 26.2 Å². The average Bonchev–Trinajstić information content (AvgIpc) is 3.69. The van der Waals surface area contributed by atoms with E-state index in [1.165, 1.54) is 12.1 Å². The SMILES string of the molecule is Cc1ccc(S(=O)(=O)NC(=O)OCc2ccc([C@@H]3C=C3C(=O)Nc3ccc4cnccc4c3)cc2)cc1.